The van der Waals surface area contributed by atoms with Crippen LogP contribution in [0.3, 0.4) is 0 Å². The van der Waals surface area contributed by atoms with E-state index in [-0.39, 0.29) is 0 Å². The first-order valence-electron chi connectivity index (χ1n) is 7.17. The number of hydrogen-bond donors (Lipinski definition) is 3. The molecule has 2 rings (SSSR count). The van der Waals surface area contributed by atoms with Gasteiger partial charge < -0.3 is 10.2 Å². The molecule has 7 nitrogen and oxygen atoms in total. The predicted molar refractivity (Wildman–Crippen MR) is 93.3 cm³/mol. The van der Waals surface area contributed by atoms with E-state index in [1.165, 1.54) is 17.3 Å². The first kappa shape index (κ1) is 16.4. The molecule has 1 aromatic heterocycles. The molecule has 1 saturated heterocycles. The number of thioether (sulfide) groups is 2. The molecule has 0 amide bonds. The van der Waals surface area contributed by atoms with E-state index >= 15 is 0 Å². The number of nitrogens with two attached hydrogens (primary N) is 1. The molecule has 0 aromatic carbocycles. The van der Waals surface area contributed by atoms with Crippen LogP contribution in [-0.2, 0) is 0 Å². The summed E-state index contributed by atoms with van der Waals surface area (Å²) >= 11 is 4.01. The third kappa shape index (κ3) is 4.79. The highest BCUT2D eigenvalue weighted by atomic mass is 32.2. The molecule has 0 aliphatic carbocycles. The van der Waals surface area contributed by atoms with Gasteiger partial charge in [0, 0.05) is 42.1 Å². The standard InChI is InChI=1S/C12H23N7S2/c1-3-19(4-2)12-16-10(15-11(17-12)18-13)14-7-9-8-20-5-6-21-9/h9H,3-8,13H2,1-2H3,(H2,14,15,16,17,18). The van der Waals surface area contributed by atoms with E-state index in [1.54, 1.807) is 0 Å². The molecule has 1 aliphatic rings. The lowest BCUT2D eigenvalue weighted by atomic mass is 10.4. The van der Waals surface area contributed by atoms with Gasteiger partial charge in [0.1, 0.15) is 0 Å². The number of aromatic nitrogens is 3. The highest BCUT2D eigenvalue weighted by molar-refractivity contribution is 8.06. The van der Waals surface area contributed by atoms with E-state index in [1.807, 2.05) is 23.5 Å². The summed E-state index contributed by atoms with van der Waals surface area (Å²) in [5.74, 6) is 10.7. The quantitative estimate of drug-likeness (QED) is 0.505. The molecule has 21 heavy (non-hydrogen) atoms. The minimum atomic E-state index is 0.389. The van der Waals surface area contributed by atoms with Crippen LogP contribution in [0.15, 0.2) is 0 Å². The van der Waals surface area contributed by atoms with E-state index in [0.717, 1.165) is 19.6 Å². The van der Waals surface area contributed by atoms with Crippen LogP contribution in [0.25, 0.3) is 0 Å². The minimum Gasteiger partial charge on any atom is -0.353 e. The molecule has 118 valence electrons. The van der Waals surface area contributed by atoms with Crippen molar-refractivity contribution in [2.45, 2.75) is 19.1 Å². The number of nitrogens with one attached hydrogen (secondary N) is 2. The molecule has 9 heteroatoms. The minimum absolute atomic E-state index is 0.389. The Kier molecular flexibility index (Phi) is 6.65. The second-order valence-electron chi connectivity index (χ2n) is 4.55. The Labute approximate surface area is 134 Å². The maximum absolute atomic E-state index is 5.45. The van der Waals surface area contributed by atoms with Crippen molar-refractivity contribution in [2.24, 2.45) is 5.84 Å². The fraction of sp³-hybridized carbons (Fsp3) is 0.750. The number of rotatable bonds is 7. The maximum Gasteiger partial charge on any atom is 0.243 e. The molecule has 1 aromatic rings. The van der Waals surface area contributed by atoms with E-state index in [4.69, 9.17) is 5.84 Å². The van der Waals surface area contributed by atoms with Gasteiger partial charge in [-0.2, -0.15) is 38.5 Å². The number of hydrogen-bond acceptors (Lipinski definition) is 9. The Hall–Kier alpha value is -0.930. The molecule has 4 N–H and O–H groups in total. The molecule has 2 heterocycles. The maximum atomic E-state index is 5.45. The number of nitrogen functional groups attached to an aromatic ring is 1. The Morgan fingerprint density at radius 1 is 1.19 bits per heavy atom. The molecule has 0 saturated carbocycles. The normalized spacial score (nSPS) is 18.3. The molecule has 1 atom stereocenters. The second kappa shape index (κ2) is 8.50. The summed E-state index contributed by atoms with van der Waals surface area (Å²) in [4.78, 5) is 15.1. The lowest BCUT2D eigenvalue weighted by molar-refractivity contribution is 0.811. The lowest BCUT2D eigenvalue weighted by Gasteiger charge is -2.22. The Morgan fingerprint density at radius 3 is 2.57 bits per heavy atom. The average molecular weight is 329 g/mol. The highest BCUT2D eigenvalue weighted by Gasteiger charge is 2.16. The van der Waals surface area contributed by atoms with Gasteiger partial charge in [0.2, 0.25) is 17.8 Å². The van der Waals surface area contributed by atoms with Gasteiger partial charge in [-0.05, 0) is 13.8 Å². The molecular formula is C12H23N7S2. The fourth-order valence-corrected chi connectivity index (χ4v) is 4.63. The summed E-state index contributed by atoms with van der Waals surface area (Å²) in [7, 11) is 0. The zero-order chi connectivity index (χ0) is 15.1. The number of hydrazine groups is 1. The molecular weight excluding hydrogens is 306 g/mol. The van der Waals surface area contributed by atoms with Gasteiger partial charge in [0.15, 0.2) is 0 Å². The third-order valence-corrected chi connectivity index (χ3v) is 6.02. The van der Waals surface area contributed by atoms with Crippen molar-refractivity contribution in [1.29, 1.82) is 0 Å². The summed E-state index contributed by atoms with van der Waals surface area (Å²) in [6.07, 6.45) is 0. The summed E-state index contributed by atoms with van der Waals surface area (Å²) < 4.78 is 0. The second-order valence-corrected chi connectivity index (χ2v) is 7.11. The monoisotopic (exact) mass is 329 g/mol. The van der Waals surface area contributed by atoms with Crippen LogP contribution >= 0.6 is 23.5 Å². The zero-order valence-corrected chi connectivity index (χ0v) is 14.1. The van der Waals surface area contributed by atoms with Crippen molar-refractivity contribution in [1.82, 2.24) is 15.0 Å². The van der Waals surface area contributed by atoms with Gasteiger partial charge in [-0.25, -0.2) is 5.84 Å². The lowest BCUT2D eigenvalue weighted by Crippen LogP contribution is -2.27. The predicted octanol–water partition coefficient (Wildman–Crippen LogP) is 1.26. The Balaban J connectivity index is 2.04. The summed E-state index contributed by atoms with van der Waals surface area (Å²) in [6.45, 7) is 6.71. The van der Waals surface area contributed by atoms with E-state index in [9.17, 15) is 0 Å². The van der Waals surface area contributed by atoms with Gasteiger partial charge in [0.05, 0.1) is 0 Å². The van der Waals surface area contributed by atoms with Crippen molar-refractivity contribution >= 4 is 41.4 Å². The van der Waals surface area contributed by atoms with Crippen molar-refractivity contribution in [3.8, 4) is 0 Å². The third-order valence-electron chi connectivity index (χ3n) is 3.17. The Bertz CT molecular complexity index is 436. The Morgan fingerprint density at radius 2 is 1.95 bits per heavy atom. The topological polar surface area (TPSA) is 92.0 Å². The van der Waals surface area contributed by atoms with Crippen LogP contribution in [0.4, 0.5) is 17.8 Å². The molecule has 1 unspecified atom stereocenters. The van der Waals surface area contributed by atoms with Gasteiger partial charge in [-0.1, -0.05) is 0 Å². The number of anilines is 3. The molecule has 0 radical (unpaired) electrons. The SMILES string of the molecule is CCN(CC)c1nc(NN)nc(NCC2CSCCS2)n1. The van der Waals surface area contributed by atoms with E-state index in [2.05, 4.69) is 44.4 Å². The van der Waals surface area contributed by atoms with E-state index in [0.29, 0.717) is 23.1 Å². The van der Waals surface area contributed by atoms with Crippen LogP contribution in [-0.4, -0.2) is 57.1 Å². The zero-order valence-electron chi connectivity index (χ0n) is 12.5. The smallest absolute Gasteiger partial charge is 0.243 e. The first-order chi connectivity index (χ1) is 10.3. The summed E-state index contributed by atoms with van der Waals surface area (Å²) in [5, 5.41) is 3.92. The highest BCUT2D eigenvalue weighted by Crippen LogP contribution is 2.24. The van der Waals surface area contributed by atoms with Crippen LogP contribution in [0.5, 0.6) is 0 Å². The van der Waals surface area contributed by atoms with E-state index < -0.39 is 0 Å². The number of nitrogens with zero attached hydrogens (tertiary/aromatic N) is 4. The van der Waals surface area contributed by atoms with Gasteiger partial charge in [-0.3, -0.25) is 5.43 Å². The van der Waals surface area contributed by atoms with Gasteiger partial charge in [0.25, 0.3) is 0 Å². The van der Waals surface area contributed by atoms with Crippen molar-refractivity contribution in [3.63, 3.8) is 0 Å². The molecule has 0 spiro atoms. The van der Waals surface area contributed by atoms with Crippen LogP contribution in [0.1, 0.15) is 13.8 Å². The molecule has 0 bridgehead atoms. The van der Waals surface area contributed by atoms with Gasteiger partial charge in [-0.15, -0.1) is 0 Å². The molecule has 1 aliphatic heterocycles. The summed E-state index contributed by atoms with van der Waals surface area (Å²) in [5.41, 5.74) is 2.51. The fourth-order valence-electron chi connectivity index (χ4n) is 2.02. The van der Waals surface area contributed by atoms with Crippen LogP contribution < -0.4 is 21.5 Å². The van der Waals surface area contributed by atoms with Crippen LogP contribution in [0, 0.1) is 0 Å². The van der Waals surface area contributed by atoms with Crippen molar-refractivity contribution in [2.75, 3.05) is 52.5 Å². The molecule has 1 fully saturated rings. The largest absolute Gasteiger partial charge is 0.353 e. The van der Waals surface area contributed by atoms with Crippen molar-refractivity contribution < 1.29 is 0 Å². The van der Waals surface area contributed by atoms with Crippen molar-refractivity contribution in [3.05, 3.63) is 0 Å². The van der Waals surface area contributed by atoms with Crippen LogP contribution in [0.2, 0.25) is 0 Å². The summed E-state index contributed by atoms with van der Waals surface area (Å²) in [6, 6.07) is 0. The van der Waals surface area contributed by atoms with Gasteiger partial charge >= 0.3 is 0 Å². The first-order valence-corrected chi connectivity index (χ1v) is 9.38. The average Bonchev–Trinajstić information content (AvgIpc) is 2.55.